The number of rotatable bonds is 9. The molecule has 0 spiro atoms. The van der Waals surface area contributed by atoms with Crippen molar-refractivity contribution in [1.82, 2.24) is 15.5 Å². The second-order valence-corrected chi connectivity index (χ2v) is 7.48. The molecule has 162 valence electrons. The summed E-state index contributed by atoms with van der Waals surface area (Å²) < 4.78 is 23.4. The van der Waals surface area contributed by atoms with Gasteiger partial charge in [-0.3, -0.25) is 9.59 Å². The fraction of sp³-hybridized carbons (Fsp3) is 0.238. The molecule has 1 heterocycles. The Hall–Kier alpha value is -3.53. The number of hydrogen-bond acceptors (Lipinski definition) is 7. The largest absolute Gasteiger partial charge is 0.497 e. The predicted octanol–water partition coefficient (Wildman–Crippen LogP) is 3.20. The van der Waals surface area contributed by atoms with Gasteiger partial charge in [0.05, 0.1) is 14.2 Å². The highest BCUT2D eigenvalue weighted by Gasteiger charge is 2.14. The Morgan fingerprint density at radius 3 is 2.55 bits per heavy atom. The number of nitrogens with one attached hydrogen (secondary N) is 2. The molecule has 0 bridgehead atoms. The van der Waals surface area contributed by atoms with Crippen LogP contribution in [0.2, 0.25) is 0 Å². The number of ether oxygens (including phenoxy) is 2. The monoisotopic (exact) mass is 444 g/mol. The number of halogens is 1. The van der Waals surface area contributed by atoms with Crippen LogP contribution < -0.4 is 20.1 Å². The van der Waals surface area contributed by atoms with Crippen molar-refractivity contribution in [1.29, 1.82) is 0 Å². The van der Waals surface area contributed by atoms with Gasteiger partial charge in [-0.1, -0.05) is 11.3 Å². The number of aryl methyl sites for hydroxylation is 1. The highest BCUT2D eigenvalue weighted by molar-refractivity contribution is 7.13. The summed E-state index contributed by atoms with van der Waals surface area (Å²) in [6.07, 6.45) is 0.555. The van der Waals surface area contributed by atoms with Gasteiger partial charge < -0.3 is 20.1 Å². The Bertz CT molecular complexity index is 1060. The van der Waals surface area contributed by atoms with Crippen LogP contribution in [0.15, 0.2) is 42.5 Å². The molecule has 1 aromatic heterocycles. The van der Waals surface area contributed by atoms with Gasteiger partial charge in [0.15, 0.2) is 0 Å². The molecule has 3 aromatic rings. The summed E-state index contributed by atoms with van der Waals surface area (Å²) in [5.41, 5.74) is 1.28. The van der Waals surface area contributed by atoms with Gasteiger partial charge in [-0.15, -0.1) is 10.2 Å². The fourth-order valence-corrected chi connectivity index (χ4v) is 3.40. The van der Waals surface area contributed by atoms with Crippen molar-refractivity contribution in [2.75, 3.05) is 19.5 Å². The smallest absolute Gasteiger partial charge is 0.286 e. The molecule has 8 nitrogen and oxygen atoms in total. The third-order valence-electron chi connectivity index (χ3n) is 4.30. The lowest BCUT2D eigenvalue weighted by Gasteiger charge is -2.11. The van der Waals surface area contributed by atoms with Crippen LogP contribution in [-0.4, -0.2) is 36.2 Å². The Kier molecular flexibility index (Phi) is 7.50. The molecule has 10 heteroatoms. The molecule has 31 heavy (non-hydrogen) atoms. The van der Waals surface area contributed by atoms with E-state index in [-0.39, 0.29) is 23.2 Å². The summed E-state index contributed by atoms with van der Waals surface area (Å²) in [6, 6.07) is 10.8. The maximum atomic E-state index is 12.9. The van der Waals surface area contributed by atoms with Gasteiger partial charge in [0.1, 0.15) is 22.3 Å². The average molecular weight is 444 g/mol. The number of amides is 2. The van der Waals surface area contributed by atoms with E-state index in [9.17, 15) is 14.0 Å². The van der Waals surface area contributed by atoms with Gasteiger partial charge in [-0.05, 0) is 36.4 Å². The second-order valence-electron chi connectivity index (χ2n) is 6.42. The van der Waals surface area contributed by atoms with Crippen LogP contribution in [0, 0.1) is 5.82 Å². The SMILES string of the molecule is COc1ccc(CNC(=O)CCc2nnc(C(=O)Nc3ccc(F)cc3)s2)c(OC)c1. The van der Waals surface area contributed by atoms with E-state index >= 15 is 0 Å². The second kappa shape index (κ2) is 10.5. The zero-order valence-electron chi connectivity index (χ0n) is 17.0. The van der Waals surface area contributed by atoms with Crippen LogP contribution >= 0.6 is 11.3 Å². The highest BCUT2D eigenvalue weighted by Crippen LogP contribution is 2.24. The minimum Gasteiger partial charge on any atom is -0.497 e. The number of hydrogen-bond donors (Lipinski definition) is 2. The van der Waals surface area contributed by atoms with Crippen molar-refractivity contribution in [2.45, 2.75) is 19.4 Å². The van der Waals surface area contributed by atoms with Crippen LogP contribution in [-0.2, 0) is 17.8 Å². The van der Waals surface area contributed by atoms with Gasteiger partial charge in [0.25, 0.3) is 5.91 Å². The summed E-state index contributed by atoms with van der Waals surface area (Å²) >= 11 is 1.11. The van der Waals surface area contributed by atoms with E-state index in [4.69, 9.17) is 9.47 Å². The van der Waals surface area contributed by atoms with Gasteiger partial charge in [-0.2, -0.15) is 0 Å². The third kappa shape index (κ3) is 6.22. The van der Waals surface area contributed by atoms with E-state index in [0.717, 1.165) is 16.9 Å². The van der Waals surface area contributed by atoms with E-state index < -0.39 is 5.91 Å². The maximum absolute atomic E-state index is 12.9. The average Bonchev–Trinajstić information content (AvgIpc) is 3.27. The van der Waals surface area contributed by atoms with Crippen LogP contribution in [0.4, 0.5) is 10.1 Å². The topological polar surface area (TPSA) is 102 Å². The molecule has 2 amide bonds. The Morgan fingerprint density at radius 1 is 1.06 bits per heavy atom. The van der Waals surface area contributed by atoms with Crippen molar-refractivity contribution < 1.29 is 23.5 Å². The van der Waals surface area contributed by atoms with E-state index in [1.807, 2.05) is 6.07 Å². The summed E-state index contributed by atoms with van der Waals surface area (Å²) in [4.78, 5) is 24.4. The summed E-state index contributed by atoms with van der Waals surface area (Å²) in [6.45, 7) is 0.313. The minimum atomic E-state index is -0.439. The van der Waals surface area contributed by atoms with Crippen molar-refractivity contribution in [3.8, 4) is 11.5 Å². The van der Waals surface area contributed by atoms with Gasteiger partial charge in [0.2, 0.25) is 10.9 Å². The number of carbonyl (C=O) groups is 2. The lowest BCUT2D eigenvalue weighted by molar-refractivity contribution is -0.121. The van der Waals surface area contributed by atoms with Crippen molar-refractivity contribution in [2.24, 2.45) is 0 Å². The first-order chi connectivity index (χ1) is 15.0. The molecule has 0 fully saturated rings. The maximum Gasteiger partial charge on any atom is 0.286 e. The molecular weight excluding hydrogens is 423 g/mol. The summed E-state index contributed by atoms with van der Waals surface area (Å²) in [7, 11) is 3.13. The normalized spacial score (nSPS) is 10.4. The molecule has 0 aliphatic rings. The third-order valence-corrected chi connectivity index (χ3v) is 5.28. The Labute approximate surface area is 182 Å². The number of methoxy groups -OCH3 is 2. The van der Waals surface area contributed by atoms with Crippen molar-refractivity contribution >= 4 is 28.8 Å². The molecule has 0 aliphatic carbocycles. The number of carbonyl (C=O) groups excluding carboxylic acids is 2. The lowest BCUT2D eigenvalue weighted by Crippen LogP contribution is -2.23. The number of benzene rings is 2. The minimum absolute atomic E-state index is 0.162. The van der Waals surface area contributed by atoms with Gasteiger partial charge in [-0.25, -0.2) is 4.39 Å². The molecule has 0 unspecified atom stereocenters. The molecule has 3 rings (SSSR count). The first-order valence-corrected chi connectivity index (χ1v) is 10.2. The summed E-state index contributed by atoms with van der Waals surface area (Å²) in [5.74, 6) is 0.305. The molecule has 0 saturated heterocycles. The van der Waals surface area contributed by atoms with Crippen LogP contribution in [0.5, 0.6) is 11.5 Å². The Balaban J connectivity index is 1.48. The zero-order valence-corrected chi connectivity index (χ0v) is 17.8. The predicted molar refractivity (Wildman–Crippen MR) is 114 cm³/mol. The standard InChI is InChI=1S/C21H21FN4O4S/c1-29-16-8-3-13(17(11-16)30-2)12-23-18(27)9-10-19-25-26-21(31-19)20(28)24-15-6-4-14(22)5-7-15/h3-8,11H,9-10,12H2,1-2H3,(H,23,27)(H,24,28). The van der Waals surface area contributed by atoms with Crippen molar-refractivity contribution in [3.05, 3.63) is 63.9 Å². The number of aromatic nitrogens is 2. The lowest BCUT2D eigenvalue weighted by atomic mass is 10.2. The molecular formula is C21H21FN4O4S. The molecule has 0 aliphatic heterocycles. The van der Waals surface area contributed by atoms with Gasteiger partial charge >= 0.3 is 0 Å². The van der Waals surface area contributed by atoms with Crippen LogP contribution in [0.3, 0.4) is 0 Å². The summed E-state index contributed by atoms with van der Waals surface area (Å²) in [5, 5.41) is 14.0. The molecule has 2 N–H and O–H groups in total. The van der Waals surface area contributed by atoms with Crippen molar-refractivity contribution in [3.63, 3.8) is 0 Å². The molecule has 0 atom stereocenters. The highest BCUT2D eigenvalue weighted by atomic mass is 32.1. The van der Waals surface area contributed by atoms with Crippen LogP contribution in [0.1, 0.15) is 26.8 Å². The Morgan fingerprint density at radius 2 is 1.84 bits per heavy atom. The van der Waals surface area contributed by atoms with E-state index in [2.05, 4.69) is 20.8 Å². The fourth-order valence-electron chi connectivity index (χ4n) is 2.66. The first kappa shape index (κ1) is 22.2. The van der Waals surface area contributed by atoms with E-state index in [1.54, 1.807) is 26.4 Å². The zero-order chi connectivity index (χ0) is 22.2. The first-order valence-electron chi connectivity index (χ1n) is 9.35. The number of nitrogens with zero attached hydrogens (tertiary/aromatic N) is 2. The van der Waals surface area contributed by atoms with Crippen LogP contribution in [0.25, 0.3) is 0 Å². The quantitative estimate of drug-likeness (QED) is 0.526. The molecule has 0 saturated carbocycles. The number of anilines is 1. The molecule has 2 aromatic carbocycles. The van der Waals surface area contributed by atoms with Gasteiger partial charge in [0, 0.05) is 36.7 Å². The van der Waals surface area contributed by atoms with E-state index in [1.165, 1.54) is 24.3 Å². The van der Waals surface area contributed by atoms with E-state index in [0.29, 0.717) is 35.2 Å². The molecule has 0 radical (unpaired) electrons.